The van der Waals surface area contributed by atoms with Crippen LogP contribution in [0, 0.1) is 0 Å². The average molecular weight is 179 g/mol. The highest BCUT2D eigenvalue weighted by Gasteiger charge is 1.94. The summed E-state index contributed by atoms with van der Waals surface area (Å²) >= 11 is 0. The van der Waals surface area contributed by atoms with Crippen molar-refractivity contribution in [1.29, 1.82) is 0 Å². The molecule has 2 N–H and O–H groups in total. The number of hydrogen-bond acceptors (Lipinski definition) is 2. The fraction of sp³-hybridized carbons (Fsp3) is 0.111. The third kappa shape index (κ3) is 2.94. The molecule has 0 spiro atoms. The monoisotopic (exact) mass is 179 g/mol. The molecule has 2 amide bonds. The second-order valence-corrected chi connectivity index (χ2v) is 2.49. The molecule has 1 aromatic rings. The molecule has 0 aliphatic carbocycles. The predicted molar refractivity (Wildman–Crippen MR) is 50.4 cm³/mol. The Labute approximate surface area is 77.4 Å². The van der Waals surface area contributed by atoms with E-state index >= 15 is 0 Å². The van der Waals surface area contributed by atoms with Crippen molar-refractivity contribution >= 4 is 23.7 Å². The number of nitrogens with one attached hydrogen (secondary N) is 2. The van der Waals surface area contributed by atoms with Gasteiger partial charge < -0.3 is 10.6 Å². The van der Waals surface area contributed by atoms with Gasteiger partial charge >= 0.3 is 0 Å². The maximum absolute atomic E-state index is 10.7. The molecule has 0 aliphatic rings. The summed E-state index contributed by atoms with van der Waals surface area (Å²) in [5, 5.41) is 4.89. The highest BCUT2D eigenvalue weighted by molar-refractivity contribution is 5.89. The molecule has 0 heterocycles. The zero-order chi connectivity index (χ0) is 10.6. The first kappa shape index (κ1) is 7.79. The van der Waals surface area contributed by atoms with Crippen LogP contribution in [0.1, 0.15) is 8.29 Å². The van der Waals surface area contributed by atoms with E-state index in [1.165, 1.54) is 6.92 Å². The average Bonchev–Trinajstić information content (AvgIpc) is 2.06. The van der Waals surface area contributed by atoms with Crippen LogP contribution in [0.15, 0.2) is 24.3 Å². The van der Waals surface area contributed by atoms with E-state index in [4.69, 9.17) is 1.37 Å². The van der Waals surface area contributed by atoms with E-state index in [-0.39, 0.29) is 5.91 Å². The number of carbonyl (C=O) groups is 2. The maximum atomic E-state index is 10.7. The quantitative estimate of drug-likeness (QED) is 0.670. The Morgan fingerprint density at radius 3 is 2.38 bits per heavy atom. The summed E-state index contributed by atoms with van der Waals surface area (Å²) in [5.74, 6) is -0.151. The van der Waals surface area contributed by atoms with Crippen LogP contribution in [-0.4, -0.2) is 12.3 Å². The summed E-state index contributed by atoms with van der Waals surface area (Å²) in [6.45, 7) is 1.42. The molecular formula is C9H10N2O2. The van der Waals surface area contributed by atoms with Crippen LogP contribution < -0.4 is 10.6 Å². The van der Waals surface area contributed by atoms with Crippen molar-refractivity contribution in [2.75, 3.05) is 10.6 Å². The van der Waals surface area contributed by atoms with Gasteiger partial charge in [-0.3, -0.25) is 9.59 Å². The van der Waals surface area contributed by atoms with Crippen LogP contribution in [0.5, 0.6) is 0 Å². The van der Waals surface area contributed by atoms with Crippen molar-refractivity contribution in [3.05, 3.63) is 24.3 Å². The first-order chi connectivity index (χ1) is 6.58. The van der Waals surface area contributed by atoms with Crippen LogP contribution in [0.3, 0.4) is 0 Å². The molecule has 0 atom stereocenters. The highest BCUT2D eigenvalue weighted by atomic mass is 16.1. The SMILES string of the molecule is [2H]C(=O)Nc1ccc(NC(C)=O)cc1. The fourth-order valence-corrected chi connectivity index (χ4v) is 0.899. The van der Waals surface area contributed by atoms with Crippen LogP contribution >= 0.6 is 0 Å². The zero-order valence-corrected chi connectivity index (χ0v) is 7.13. The molecular weight excluding hydrogens is 168 g/mol. The van der Waals surface area contributed by atoms with Crippen molar-refractivity contribution in [3.8, 4) is 0 Å². The van der Waals surface area contributed by atoms with Gasteiger partial charge in [0.15, 0.2) is 0 Å². The fourth-order valence-electron chi connectivity index (χ4n) is 0.899. The first-order valence-electron chi connectivity index (χ1n) is 4.23. The summed E-state index contributed by atoms with van der Waals surface area (Å²) in [6, 6.07) is 6.51. The molecule has 0 radical (unpaired) electrons. The number of carbonyl (C=O) groups excluding carboxylic acids is 2. The highest BCUT2D eigenvalue weighted by Crippen LogP contribution is 2.12. The summed E-state index contributed by atoms with van der Waals surface area (Å²) in [5.41, 5.74) is 1.18. The summed E-state index contributed by atoms with van der Waals surface area (Å²) in [6.07, 6.45) is -0.864. The molecule has 4 nitrogen and oxygen atoms in total. The smallest absolute Gasteiger partial charge is 0.221 e. The largest absolute Gasteiger partial charge is 0.329 e. The van der Waals surface area contributed by atoms with Crippen LogP contribution in [-0.2, 0) is 9.59 Å². The molecule has 1 aromatic carbocycles. The lowest BCUT2D eigenvalue weighted by Gasteiger charge is -2.02. The number of anilines is 2. The minimum Gasteiger partial charge on any atom is -0.329 e. The molecule has 0 saturated carbocycles. The lowest BCUT2D eigenvalue weighted by Crippen LogP contribution is -2.05. The number of benzene rings is 1. The lowest BCUT2D eigenvalue weighted by molar-refractivity contribution is -0.114. The van der Waals surface area contributed by atoms with Gasteiger partial charge in [-0.15, -0.1) is 0 Å². The van der Waals surface area contributed by atoms with Gasteiger partial charge in [0.25, 0.3) is 0 Å². The van der Waals surface area contributed by atoms with Gasteiger partial charge in [-0.05, 0) is 24.3 Å². The van der Waals surface area contributed by atoms with Crippen molar-refractivity contribution in [2.24, 2.45) is 0 Å². The van der Waals surface area contributed by atoms with Gasteiger partial charge in [0.1, 0.15) is 1.37 Å². The normalized spacial score (nSPS) is 10.1. The standard InChI is InChI=1S/C9H10N2O2/c1-7(13)11-9-4-2-8(3-5-9)10-6-12/h2-6H,1H3,(H,10,12)(H,11,13)/i6D. The van der Waals surface area contributed by atoms with E-state index in [9.17, 15) is 9.59 Å². The van der Waals surface area contributed by atoms with E-state index in [2.05, 4.69) is 10.6 Å². The van der Waals surface area contributed by atoms with Gasteiger partial charge in [-0.2, -0.15) is 0 Å². The van der Waals surface area contributed by atoms with E-state index in [0.717, 1.165) is 0 Å². The lowest BCUT2D eigenvalue weighted by atomic mass is 10.3. The number of amides is 2. The predicted octanol–water partition coefficient (Wildman–Crippen LogP) is 1.21. The van der Waals surface area contributed by atoms with Crippen LogP contribution in [0.25, 0.3) is 0 Å². The summed E-state index contributed by atoms with van der Waals surface area (Å²) in [4.78, 5) is 21.0. The van der Waals surface area contributed by atoms with Crippen LogP contribution in [0.2, 0.25) is 0 Å². The van der Waals surface area contributed by atoms with Crippen molar-refractivity contribution < 1.29 is 11.0 Å². The molecule has 0 unspecified atom stereocenters. The van der Waals surface area contributed by atoms with E-state index in [1.54, 1.807) is 24.3 Å². The van der Waals surface area contributed by atoms with Crippen molar-refractivity contribution in [3.63, 3.8) is 0 Å². The summed E-state index contributed by atoms with van der Waals surface area (Å²) in [7, 11) is 0. The zero-order valence-electron chi connectivity index (χ0n) is 8.13. The number of rotatable bonds is 2. The van der Waals surface area contributed by atoms with Crippen molar-refractivity contribution in [1.82, 2.24) is 0 Å². The third-order valence-electron chi connectivity index (χ3n) is 1.40. The van der Waals surface area contributed by atoms with Crippen molar-refractivity contribution in [2.45, 2.75) is 6.92 Å². The van der Waals surface area contributed by atoms with Gasteiger partial charge in [-0.1, -0.05) is 0 Å². The Balaban J connectivity index is 2.68. The Morgan fingerprint density at radius 1 is 1.38 bits per heavy atom. The Bertz CT molecular complexity index is 313. The second kappa shape index (κ2) is 4.25. The third-order valence-corrected chi connectivity index (χ3v) is 1.40. The molecule has 0 aromatic heterocycles. The Morgan fingerprint density at radius 2 is 1.92 bits per heavy atom. The molecule has 1 rings (SSSR count). The van der Waals surface area contributed by atoms with E-state index in [1.807, 2.05) is 0 Å². The molecule has 0 aliphatic heterocycles. The van der Waals surface area contributed by atoms with Gasteiger partial charge in [0.2, 0.25) is 12.3 Å². The molecule has 0 bridgehead atoms. The second-order valence-electron chi connectivity index (χ2n) is 2.49. The van der Waals surface area contributed by atoms with Gasteiger partial charge in [0.05, 0.1) is 0 Å². The van der Waals surface area contributed by atoms with Gasteiger partial charge in [0, 0.05) is 18.3 Å². The van der Waals surface area contributed by atoms with Crippen LogP contribution in [0.4, 0.5) is 11.4 Å². The number of hydrogen-bond donors (Lipinski definition) is 2. The topological polar surface area (TPSA) is 58.2 Å². The molecule has 13 heavy (non-hydrogen) atoms. The minimum absolute atomic E-state index is 0.151. The molecule has 0 fully saturated rings. The summed E-state index contributed by atoms with van der Waals surface area (Å²) < 4.78 is 6.66. The maximum Gasteiger partial charge on any atom is 0.221 e. The first-order valence-corrected chi connectivity index (χ1v) is 3.73. The molecule has 4 heteroatoms. The molecule has 0 saturated heterocycles. The Hall–Kier alpha value is -1.84. The molecule has 68 valence electrons. The van der Waals surface area contributed by atoms with E-state index < -0.39 is 6.39 Å². The van der Waals surface area contributed by atoms with E-state index in [0.29, 0.717) is 11.4 Å². The Kier molecular flexibility index (Phi) is 2.55. The minimum atomic E-state index is -0.864. The van der Waals surface area contributed by atoms with Gasteiger partial charge in [-0.25, -0.2) is 0 Å².